The number of anilines is 1. The molecule has 0 amide bonds. The topological polar surface area (TPSA) is 66.4 Å². The largest absolute Gasteiger partial charge is 0.388 e. The predicted molar refractivity (Wildman–Crippen MR) is 102 cm³/mol. The molecular formula is C20H27NO3S. The van der Waals surface area contributed by atoms with Gasteiger partial charge in [-0.05, 0) is 42.0 Å². The summed E-state index contributed by atoms with van der Waals surface area (Å²) >= 11 is 0. The summed E-state index contributed by atoms with van der Waals surface area (Å²) in [5.74, 6) is 0.506. The lowest BCUT2D eigenvalue weighted by molar-refractivity contribution is 0.127. The molecule has 0 saturated carbocycles. The molecule has 25 heavy (non-hydrogen) atoms. The van der Waals surface area contributed by atoms with Crippen LogP contribution in [0, 0.1) is 11.8 Å². The molecule has 0 aliphatic heterocycles. The third-order valence-electron chi connectivity index (χ3n) is 4.03. The van der Waals surface area contributed by atoms with Crippen LogP contribution in [-0.4, -0.2) is 13.5 Å². The quantitative estimate of drug-likeness (QED) is 0.769. The van der Waals surface area contributed by atoms with Crippen molar-refractivity contribution in [1.82, 2.24) is 0 Å². The summed E-state index contributed by atoms with van der Waals surface area (Å²) in [5, 5.41) is 10.3. The second kappa shape index (κ2) is 8.02. The first kappa shape index (κ1) is 19.5. The van der Waals surface area contributed by atoms with Gasteiger partial charge in [-0.1, -0.05) is 58.0 Å². The molecule has 2 rings (SSSR count). The molecule has 5 heteroatoms. The van der Waals surface area contributed by atoms with Crippen molar-refractivity contribution in [3.8, 4) is 0 Å². The number of sulfonamides is 1. The Balaban J connectivity index is 2.27. The van der Waals surface area contributed by atoms with E-state index in [2.05, 4.69) is 18.6 Å². The highest BCUT2D eigenvalue weighted by Crippen LogP contribution is 2.29. The van der Waals surface area contributed by atoms with Crippen LogP contribution in [0.2, 0.25) is 0 Å². The minimum atomic E-state index is -3.70. The molecule has 0 heterocycles. The lowest BCUT2D eigenvalue weighted by Crippen LogP contribution is -2.16. The summed E-state index contributed by atoms with van der Waals surface area (Å²) in [6, 6.07) is 13.9. The van der Waals surface area contributed by atoms with Gasteiger partial charge in [0.2, 0.25) is 0 Å². The fourth-order valence-electron chi connectivity index (χ4n) is 2.69. The number of rotatable bonds is 7. The van der Waals surface area contributed by atoms with Gasteiger partial charge in [0, 0.05) is 5.56 Å². The number of aliphatic hydroxyl groups is 1. The average molecular weight is 362 g/mol. The van der Waals surface area contributed by atoms with E-state index in [9.17, 15) is 13.5 Å². The highest BCUT2D eigenvalue weighted by atomic mass is 32.2. The SMILES string of the molecule is CC(C)Cc1ccc(S(=O)(=O)Nc2ccccc2[C@H](O)C(C)C)cc1. The zero-order valence-corrected chi connectivity index (χ0v) is 16.0. The summed E-state index contributed by atoms with van der Waals surface area (Å²) in [4.78, 5) is 0.217. The van der Waals surface area contributed by atoms with Crippen molar-refractivity contribution < 1.29 is 13.5 Å². The molecule has 0 aromatic heterocycles. The van der Waals surface area contributed by atoms with E-state index in [1.807, 2.05) is 26.0 Å². The van der Waals surface area contributed by atoms with Gasteiger partial charge in [-0.3, -0.25) is 4.72 Å². The van der Waals surface area contributed by atoms with Gasteiger partial charge in [0.1, 0.15) is 0 Å². The highest BCUT2D eigenvalue weighted by molar-refractivity contribution is 7.92. The van der Waals surface area contributed by atoms with Crippen LogP contribution in [0.4, 0.5) is 5.69 Å². The third kappa shape index (κ3) is 5.06. The maximum absolute atomic E-state index is 12.7. The van der Waals surface area contributed by atoms with Crippen molar-refractivity contribution in [2.24, 2.45) is 11.8 Å². The Morgan fingerprint density at radius 2 is 1.56 bits per heavy atom. The molecule has 2 N–H and O–H groups in total. The first-order chi connectivity index (χ1) is 11.7. The van der Waals surface area contributed by atoms with Crippen LogP contribution in [0.25, 0.3) is 0 Å². The monoisotopic (exact) mass is 361 g/mol. The maximum Gasteiger partial charge on any atom is 0.261 e. The van der Waals surface area contributed by atoms with Gasteiger partial charge < -0.3 is 5.11 Å². The van der Waals surface area contributed by atoms with Gasteiger partial charge in [-0.2, -0.15) is 0 Å². The molecule has 4 nitrogen and oxygen atoms in total. The Kier molecular flexibility index (Phi) is 6.25. The lowest BCUT2D eigenvalue weighted by Gasteiger charge is -2.19. The molecule has 0 saturated heterocycles. The lowest BCUT2D eigenvalue weighted by atomic mass is 9.98. The molecule has 1 atom stereocenters. The Bertz CT molecular complexity index is 796. The minimum Gasteiger partial charge on any atom is -0.388 e. The van der Waals surface area contributed by atoms with E-state index in [1.54, 1.807) is 36.4 Å². The minimum absolute atomic E-state index is 0.0130. The second-order valence-electron chi connectivity index (χ2n) is 7.12. The van der Waals surface area contributed by atoms with E-state index in [1.165, 1.54) is 0 Å². The van der Waals surface area contributed by atoms with Crippen LogP contribution in [0.1, 0.15) is 44.9 Å². The van der Waals surface area contributed by atoms with Crippen LogP contribution < -0.4 is 4.72 Å². The predicted octanol–water partition coefficient (Wildman–Crippen LogP) is 4.38. The first-order valence-corrected chi connectivity index (χ1v) is 10.1. The van der Waals surface area contributed by atoms with E-state index in [0.29, 0.717) is 17.2 Å². The highest BCUT2D eigenvalue weighted by Gasteiger charge is 2.20. The van der Waals surface area contributed by atoms with Gasteiger partial charge in [0.15, 0.2) is 0 Å². The molecule has 2 aromatic rings. The maximum atomic E-state index is 12.7. The number of para-hydroxylation sites is 1. The van der Waals surface area contributed by atoms with E-state index in [4.69, 9.17) is 0 Å². The van der Waals surface area contributed by atoms with Crippen molar-refractivity contribution in [3.63, 3.8) is 0 Å². The van der Waals surface area contributed by atoms with Gasteiger partial charge >= 0.3 is 0 Å². The fourth-order valence-corrected chi connectivity index (χ4v) is 3.77. The van der Waals surface area contributed by atoms with E-state index in [0.717, 1.165) is 12.0 Å². The summed E-state index contributed by atoms with van der Waals surface area (Å²) in [6.07, 6.45) is 0.185. The van der Waals surface area contributed by atoms with Crippen molar-refractivity contribution in [2.75, 3.05) is 4.72 Å². The second-order valence-corrected chi connectivity index (χ2v) is 8.81. The Hall–Kier alpha value is -1.85. The normalized spacial score (nSPS) is 13.2. The summed E-state index contributed by atoms with van der Waals surface area (Å²) in [7, 11) is -3.70. The molecule has 0 bridgehead atoms. The first-order valence-electron chi connectivity index (χ1n) is 8.59. The summed E-state index contributed by atoms with van der Waals surface area (Å²) in [6.45, 7) is 8.04. The number of hydrogen-bond donors (Lipinski definition) is 2. The van der Waals surface area contributed by atoms with Gasteiger partial charge in [-0.15, -0.1) is 0 Å². The molecule has 0 radical (unpaired) electrons. The molecule has 0 aliphatic rings. The van der Waals surface area contributed by atoms with Crippen LogP contribution in [0.5, 0.6) is 0 Å². The van der Waals surface area contributed by atoms with Crippen molar-refractivity contribution in [2.45, 2.75) is 45.1 Å². The number of nitrogens with one attached hydrogen (secondary N) is 1. The number of benzene rings is 2. The Labute approximate surface area is 151 Å². The van der Waals surface area contributed by atoms with Crippen LogP contribution in [0.3, 0.4) is 0 Å². The smallest absolute Gasteiger partial charge is 0.261 e. The van der Waals surface area contributed by atoms with Crippen molar-refractivity contribution >= 4 is 15.7 Å². The number of aliphatic hydroxyl groups excluding tert-OH is 1. The van der Waals surface area contributed by atoms with E-state index in [-0.39, 0.29) is 10.8 Å². The van der Waals surface area contributed by atoms with E-state index < -0.39 is 16.1 Å². The number of hydrogen-bond acceptors (Lipinski definition) is 3. The molecule has 2 aromatic carbocycles. The third-order valence-corrected chi connectivity index (χ3v) is 5.41. The summed E-state index contributed by atoms with van der Waals surface area (Å²) in [5.41, 5.74) is 2.11. The Morgan fingerprint density at radius 3 is 2.12 bits per heavy atom. The van der Waals surface area contributed by atoms with Crippen molar-refractivity contribution in [1.29, 1.82) is 0 Å². The molecule has 0 unspecified atom stereocenters. The van der Waals surface area contributed by atoms with Crippen LogP contribution in [-0.2, 0) is 16.4 Å². The average Bonchev–Trinajstić information content (AvgIpc) is 2.54. The molecule has 0 fully saturated rings. The Morgan fingerprint density at radius 1 is 0.960 bits per heavy atom. The zero-order valence-electron chi connectivity index (χ0n) is 15.2. The van der Waals surface area contributed by atoms with E-state index >= 15 is 0 Å². The molecular weight excluding hydrogens is 334 g/mol. The van der Waals surface area contributed by atoms with Gasteiger partial charge in [0.25, 0.3) is 10.0 Å². The fraction of sp³-hybridized carbons (Fsp3) is 0.400. The molecule has 0 spiro atoms. The van der Waals surface area contributed by atoms with Crippen LogP contribution in [0.15, 0.2) is 53.4 Å². The van der Waals surface area contributed by atoms with Crippen LogP contribution >= 0.6 is 0 Å². The van der Waals surface area contributed by atoms with Crippen molar-refractivity contribution in [3.05, 3.63) is 59.7 Å². The standard InChI is InChI=1S/C20H27NO3S/c1-14(2)13-16-9-11-17(12-10-16)25(23,24)21-19-8-6-5-7-18(19)20(22)15(3)4/h5-12,14-15,20-22H,13H2,1-4H3/t20-/m1/s1. The summed E-state index contributed by atoms with van der Waals surface area (Å²) < 4.78 is 28.0. The van der Waals surface area contributed by atoms with Gasteiger partial charge in [0.05, 0.1) is 16.7 Å². The molecule has 136 valence electrons. The zero-order chi connectivity index (χ0) is 18.6. The van der Waals surface area contributed by atoms with Gasteiger partial charge in [-0.25, -0.2) is 8.42 Å². The molecule has 0 aliphatic carbocycles.